The maximum absolute atomic E-state index is 13.7. The molecule has 1 saturated heterocycles. The summed E-state index contributed by atoms with van der Waals surface area (Å²) in [5, 5.41) is 4.11. The van der Waals surface area contributed by atoms with E-state index in [-0.39, 0.29) is 5.69 Å². The highest BCUT2D eigenvalue weighted by Crippen LogP contribution is 2.21. The number of halogens is 2. The molecule has 0 amide bonds. The fraction of sp³-hybridized carbons (Fsp3) is 0.400. The van der Waals surface area contributed by atoms with E-state index in [1.807, 2.05) is 0 Å². The van der Waals surface area contributed by atoms with Crippen molar-refractivity contribution in [3.05, 3.63) is 42.2 Å². The van der Waals surface area contributed by atoms with Gasteiger partial charge in [0, 0.05) is 26.0 Å². The largest absolute Gasteiger partial charge is 0.381 e. The Balaban J connectivity index is 1.72. The van der Waals surface area contributed by atoms with Crippen molar-refractivity contribution in [3.8, 4) is 0 Å². The highest BCUT2D eigenvalue weighted by atomic mass is 32.2. The van der Waals surface area contributed by atoms with Crippen LogP contribution in [0.4, 0.5) is 14.5 Å². The first-order valence-corrected chi connectivity index (χ1v) is 9.00. The zero-order chi connectivity index (χ0) is 17.2. The van der Waals surface area contributed by atoms with Crippen molar-refractivity contribution in [2.24, 2.45) is 5.92 Å². The smallest absolute Gasteiger partial charge is 0.265 e. The van der Waals surface area contributed by atoms with Gasteiger partial charge in [-0.2, -0.15) is 5.10 Å². The average molecular weight is 357 g/mol. The minimum atomic E-state index is -4.22. The Morgan fingerprint density at radius 2 is 2.04 bits per heavy atom. The first kappa shape index (κ1) is 16.8. The van der Waals surface area contributed by atoms with Crippen LogP contribution in [0.2, 0.25) is 0 Å². The van der Waals surface area contributed by atoms with Crippen molar-refractivity contribution in [1.29, 1.82) is 0 Å². The Morgan fingerprint density at radius 3 is 2.79 bits per heavy atom. The zero-order valence-corrected chi connectivity index (χ0v) is 13.6. The van der Waals surface area contributed by atoms with Gasteiger partial charge in [0.1, 0.15) is 16.5 Å². The Hall–Kier alpha value is -2.00. The summed E-state index contributed by atoms with van der Waals surface area (Å²) in [5.74, 6) is -1.42. The molecule has 0 unspecified atom stereocenters. The third kappa shape index (κ3) is 3.90. The van der Waals surface area contributed by atoms with Crippen LogP contribution >= 0.6 is 0 Å². The van der Waals surface area contributed by atoms with Gasteiger partial charge in [0.15, 0.2) is 0 Å². The molecular formula is C15H17F2N3O3S. The van der Waals surface area contributed by atoms with Crippen molar-refractivity contribution >= 4 is 15.7 Å². The lowest BCUT2D eigenvalue weighted by atomic mass is 10.0. The van der Waals surface area contributed by atoms with Crippen LogP contribution in [0.25, 0.3) is 0 Å². The quantitative estimate of drug-likeness (QED) is 0.892. The summed E-state index contributed by atoms with van der Waals surface area (Å²) in [6.07, 6.45) is 4.73. The van der Waals surface area contributed by atoms with Gasteiger partial charge in [-0.15, -0.1) is 0 Å². The molecule has 1 fully saturated rings. The second-order valence-electron chi connectivity index (χ2n) is 5.69. The molecular weight excluding hydrogens is 340 g/mol. The SMILES string of the molecule is O=S(=O)(Nc1cnn(CC2CCOCC2)c1)c1cc(F)ccc1F. The molecule has 2 heterocycles. The number of hydrogen-bond acceptors (Lipinski definition) is 4. The fourth-order valence-electron chi connectivity index (χ4n) is 2.60. The Kier molecular flexibility index (Phi) is 4.81. The number of nitrogens with zero attached hydrogens (tertiary/aromatic N) is 2. The molecule has 2 aromatic rings. The molecule has 130 valence electrons. The summed E-state index contributed by atoms with van der Waals surface area (Å²) in [7, 11) is -4.22. The molecule has 24 heavy (non-hydrogen) atoms. The van der Waals surface area contributed by atoms with Gasteiger partial charge < -0.3 is 4.74 Å². The number of anilines is 1. The fourth-order valence-corrected chi connectivity index (χ4v) is 3.72. The van der Waals surface area contributed by atoms with E-state index in [9.17, 15) is 17.2 Å². The molecule has 0 atom stereocenters. The van der Waals surface area contributed by atoms with Gasteiger partial charge >= 0.3 is 0 Å². The normalized spacial score (nSPS) is 16.2. The molecule has 1 aromatic carbocycles. The van der Waals surface area contributed by atoms with Crippen molar-refractivity contribution in [1.82, 2.24) is 9.78 Å². The third-order valence-electron chi connectivity index (χ3n) is 3.85. The summed E-state index contributed by atoms with van der Waals surface area (Å²) in [5.41, 5.74) is 0.200. The molecule has 0 bridgehead atoms. The van der Waals surface area contributed by atoms with E-state index in [1.54, 1.807) is 4.68 Å². The molecule has 0 spiro atoms. The van der Waals surface area contributed by atoms with Crippen LogP contribution in [0.1, 0.15) is 12.8 Å². The van der Waals surface area contributed by atoms with Crippen molar-refractivity contribution in [3.63, 3.8) is 0 Å². The summed E-state index contributed by atoms with van der Waals surface area (Å²) in [4.78, 5) is -0.736. The van der Waals surface area contributed by atoms with Crippen LogP contribution in [0, 0.1) is 17.6 Å². The number of ether oxygens (including phenoxy) is 1. The van der Waals surface area contributed by atoms with Gasteiger partial charge in [-0.1, -0.05) is 0 Å². The predicted octanol–water partition coefficient (Wildman–Crippen LogP) is 2.39. The van der Waals surface area contributed by atoms with Crippen molar-refractivity contribution in [2.45, 2.75) is 24.3 Å². The minimum Gasteiger partial charge on any atom is -0.381 e. The van der Waals surface area contributed by atoms with Crippen LogP contribution in [0.5, 0.6) is 0 Å². The van der Waals surface area contributed by atoms with E-state index < -0.39 is 26.6 Å². The van der Waals surface area contributed by atoms with E-state index in [1.165, 1.54) is 12.4 Å². The lowest BCUT2D eigenvalue weighted by molar-refractivity contribution is 0.0601. The second kappa shape index (κ2) is 6.86. The van der Waals surface area contributed by atoms with E-state index in [4.69, 9.17) is 4.74 Å². The molecule has 1 aliphatic heterocycles. The number of sulfonamides is 1. The molecule has 1 aromatic heterocycles. The predicted molar refractivity (Wildman–Crippen MR) is 82.9 cm³/mol. The van der Waals surface area contributed by atoms with Crippen LogP contribution in [0.15, 0.2) is 35.5 Å². The Morgan fingerprint density at radius 1 is 1.29 bits per heavy atom. The minimum absolute atomic E-state index is 0.200. The molecule has 0 saturated carbocycles. The van der Waals surface area contributed by atoms with E-state index in [2.05, 4.69) is 9.82 Å². The van der Waals surface area contributed by atoms with E-state index in [0.29, 0.717) is 31.7 Å². The number of rotatable bonds is 5. The van der Waals surface area contributed by atoms with Crippen LogP contribution < -0.4 is 4.72 Å². The molecule has 3 rings (SSSR count). The number of benzene rings is 1. The first-order chi connectivity index (χ1) is 11.4. The Labute approximate surface area is 138 Å². The highest BCUT2D eigenvalue weighted by Gasteiger charge is 2.21. The number of nitrogens with one attached hydrogen (secondary N) is 1. The van der Waals surface area contributed by atoms with Crippen molar-refractivity contribution < 1.29 is 21.9 Å². The van der Waals surface area contributed by atoms with Gasteiger partial charge in [0.2, 0.25) is 0 Å². The Bertz CT molecular complexity index is 817. The van der Waals surface area contributed by atoms with Crippen LogP contribution in [0.3, 0.4) is 0 Å². The lowest BCUT2D eigenvalue weighted by Gasteiger charge is -2.21. The van der Waals surface area contributed by atoms with Gasteiger partial charge in [-0.3, -0.25) is 9.40 Å². The van der Waals surface area contributed by atoms with Gasteiger partial charge in [0.05, 0.1) is 11.9 Å². The molecule has 1 N–H and O–H groups in total. The molecule has 0 aliphatic carbocycles. The highest BCUT2D eigenvalue weighted by molar-refractivity contribution is 7.92. The number of hydrogen-bond donors (Lipinski definition) is 1. The molecule has 1 aliphatic rings. The molecule has 0 radical (unpaired) electrons. The van der Waals surface area contributed by atoms with E-state index in [0.717, 1.165) is 25.0 Å². The third-order valence-corrected chi connectivity index (χ3v) is 5.25. The summed E-state index contributed by atoms with van der Waals surface area (Å²) in [6, 6.07) is 2.28. The number of aromatic nitrogens is 2. The lowest BCUT2D eigenvalue weighted by Crippen LogP contribution is -2.20. The van der Waals surface area contributed by atoms with Crippen LogP contribution in [-0.4, -0.2) is 31.4 Å². The maximum atomic E-state index is 13.7. The van der Waals surface area contributed by atoms with Crippen LogP contribution in [-0.2, 0) is 21.3 Å². The standard InChI is InChI=1S/C15H17F2N3O3S/c16-12-1-2-14(17)15(7-12)24(21,22)19-13-8-18-20(10-13)9-11-3-5-23-6-4-11/h1-2,7-8,10-11,19H,3-6,9H2. The van der Waals surface area contributed by atoms with E-state index >= 15 is 0 Å². The topological polar surface area (TPSA) is 73.2 Å². The molecule has 6 nitrogen and oxygen atoms in total. The van der Waals surface area contributed by atoms with Gasteiger partial charge in [0.25, 0.3) is 10.0 Å². The average Bonchev–Trinajstić information content (AvgIpc) is 2.97. The maximum Gasteiger partial charge on any atom is 0.265 e. The summed E-state index contributed by atoms with van der Waals surface area (Å²) in [6.45, 7) is 2.08. The summed E-state index contributed by atoms with van der Waals surface area (Å²) >= 11 is 0. The zero-order valence-electron chi connectivity index (χ0n) is 12.8. The summed E-state index contributed by atoms with van der Waals surface area (Å²) < 4.78 is 60.4. The van der Waals surface area contributed by atoms with Gasteiger partial charge in [-0.05, 0) is 37.0 Å². The second-order valence-corrected chi connectivity index (χ2v) is 7.34. The van der Waals surface area contributed by atoms with Crippen molar-refractivity contribution in [2.75, 3.05) is 17.9 Å². The first-order valence-electron chi connectivity index (χ1n) is 7.52. The monoisotopic (exact) mass is 357 g/mol. The van der Waals surface area contributed by atoms with Gasteiger partial charge in [-0.25, -0.2) is 17.2 Å². The molecule has 9 heteroatoms.